The molecule has 0 aliphatic carbocycles. The van der Waals surface area contributed by atoms with Crippen molar-refractivity contribution in [2.24, 2.45) is 0 Å². The molecule has 0 aliphatic rings. The summed E-state index contributed by atoms with van der Waals surface area (Å²) in [5.41, 5.74) is 0. The SMILES string of the molecule is Oc1ccc(OPI)cc1. The third-order valence-corrected chi connectivity index (χ3v) is 1.97. The summed E-state index contributed by atoms with van der Waals surface area (Å²) in [5.74, 6) is 1.06. The molecule has 1 unspecified atom stereocenters. The van der Waals surface area contributed by atoms with Crippen LogP contribution in [0.4, 0.5) is 0 Å². The lowest BCUT2D eigenvalue weighted by Crippen LogP contribution is -1.72. The van der Waals surface area contributed by atoms with Gasteiger partial charge in [-0.15, -0.1) is 0 Å². The highest BCUT2D eigenvalue weighted by Crippen LogP contribution is 2.27. The molecule has 0 saturated heterocycles. The number of hydrogen-bond acceptors (Lipinski definition) is 2. The Morgan fingerprint density at radius 2 is 1.90 bits per heavy atom. The van der Waals surface area contributed by atoms with Crippen LogP contribution in [-0.2, 0) is 0 Å². The van der Waals surface area contributed by atoms with Crippen LogP contribution >= 0.6 is 28.5 Å². The molecular formula is C6H6IO2P. The van der Waals surface area contributed by atoms with Crippen LogP contribution in [0.25, 0.3) is 0 Å². The van der Waals surface area contributed by atoms with Crippen LogP contribution in [-0.4, -0.2) is 5.11 Å². The molecule has 1 aromatic rings. The number of rotatable bonds is 2. The van der Waals surface area contributed by atoms with Crippen LogP contribution in [0.1, 0.15) is 0 Å². The maximum atomic E-state index is 8.87. The van der Waals surface area contributed by atoms with Gasteiger partial charge in [0, 0.05) is 0 Å². The Balaban J connectivity index is 2.69. The maximum Gasteiger partial charge on any atom is 0.137 e. The van der Waals surface area contributed by atoms with Gasteiger partial charge in [0.15, 0.2) is 0 Å². The van der Waals surface area contributed by atoms with Crippen LogP contribution < -0.4 is 4.52 Å². The molecule has 0 saturated carbocycles. The molecule has 1 aromatic carbocycles. The molecule has 0 aromatic heterocycles. The van der Waals surface area contributed by atoms with E-state index in [1.54, 1.807) is 24.3 Å². The zero-order valence-corrected chi connectivity index (χ0v) is 8.20. The van der Waals surface area contributed by atoms with E-state index in [-0.39, 0.29) is 5.75 Å². The monoisotopic (exact) mass is 268 g/mol. The molecule has 0 amide bonds. The summed E-state index contributed by atoms with van der Waals surface area (Å²) < 4.78 is 5.16. The topological polar surface area (TPSA) is 29.5 Å². The van der Waals surface area contributed by atoms with Crippen LogP contribution in [0.5, 0.6) is 11.5 Å². The third-order valence-electron chi connectivity index (χ3n) is 0.993. The number of phenols is 1. The Morgan fingerprint density at radius 1 is 1.30 bits per heavy atom. The van der Waals surface area contributed by atoms with E-state index >= 15 is 0 Å². The molecule has 1 atom stereocenters. The minimum absolute atomic E-state index is 0.268. The molecule has 0 heterocycles. The molecule has 0 radical (unpaired) electrons. The predicted octanol–water partition coefficient (Wildman–Crippen LogP) is 2.71. The molecule has 0 fully saturated rings. The van der Waals surface area contributed by atoms with E-state index < -0.39 is 0 Å². The average Bonchev–Trinajstić information content (AvgIpc) is 1.95. The minimum Gasteiger partial charge on any atom is -0.508 e. The fourth-order valence-corrected chi connectivity index (χ4v) is 1.55. The van der Waals surface area contributed by atoms with E-state index in [2.05, 4.69) is 22.0 Å². The van der Waals surface area contributed by atoms with E-state index in [0.29, 0.717) is 6.45 Å². The summed E-state index contributed by atoms with van der Waals surface area (Å²) in [6.45, 7) is 0.420. The largest absolute Gasteiger partial charge is 0.508 e. The van der Waals surface area contributed by atoms with Crippen molar-refractivity contribution in [2.45, 2.75) is 0 Å². The summed E-state index contributed by atoms with van der Waals surface area (Å²) in [6.07, 6.45) is 0. The standard InChI is InChI=1S/C6H6IO2P/c7-10-9-6-3-1-5(8)2-4-6/h1-4,8,10H. The van der Waals surface area contributed by atoms with Gasteiger partial charge in [-0.05, 0) is 46.3 Å². The lowest BCUT2D eigenvalue weighted by molar-refractivity contribution is 0.474. The van der Waals surface area contributed by atoms with Crippen molar-refractivity contribution in [3.05, 3.63) is 24.3 Å². The number of phenolic OH excluding ortho intramolecular Hbond substituents is 1. The highest BCUT2D eigenvalue weighted by Gasteiger charge is 1.90. The number of hydrogen-bond donors (Lipinski definition) is 1. The van der Waals surface area contributed by atoms with E-state index in [4.69, 9.17) is 9.63 Å². The first-order chi connectivity index (χ1) is 4.83. The van der Waals surface area contributed by atoms with E-state index in [1.165, 1.54) is 0 Å². The van der Waals surface area contributed by atoms with Crippen molar-refractivity contribution >= 4 is 28.5 Å². The van der Waals surface area contributed by atoms with Gasteiger partial charge in [-0.25, -0.2) is 0 Å². The lowest BCUT2D eigenvalue weighted by atomic mass is 10.3. The quantitative estimate of drug-likeness (QED) is 0.660. The first kappa shape index (κ1) is 8.08. The minimum atomic E-state index is 0.268. The van der Waals surface area contributed by atoms with Gasteiger partial charge in [-0.2, -0.15) is 0 Å². The first-order valence-corrected chi connectivity index (χ1v) is 6.66. The van der Waals surface area contributed by atoms with Crippen LogP contribution in [0.15, 0.2) is 24.3 Å². The number of benzene rings is 1. The smallest absolute Gasteiger partial charge is 0.137 e. The van der Waals surface area contributed by atoms with Crippen molar-refractivity contribution in [1.82, 2.24) is 0 Å². The number of halogens is 1. The highest BCUT2D eigenvalue weighted by molar-refractivity contribution is 14.2. The summed E-state index contributed by atoms with van der Waals surface area (Å²) >= 11 is 2.14. The Kier molecular flexibility index (Phi) is 3.22. The second-order valence-corrected chi connectivity index (χ2v) is 3.35. The molecule has 0 spiro atoms. The summed E-state index contributed by atoms with van der Waals surface area (Å²) in [6, 6.07) is 6.68. The molecule has 1 N–H and O–H groups in total. The van der Waals surface area contributed by atoms with Gasteiger partial charge >= 0.3 is 0 Å². The fraction of sp³-hybridized carbons (Fsp3) is 0. The Labute approximate surface area is 73.9 Å². The van der Waals surface area contributed by atoms with Crippen LogP contribution in [0.2, 0.25) is 0 Å². The first-order valence-electron chi connectivity index (χ1n) is 2.64. The molecular weight excluding hydrogens is 262 g/mol. The number of aromatic hydroxyl groups is 1. The third kappa shape index (κ3) is 2.31. The summed E-state index contributed by atoms with van der Waals surface area (Å²) in [4.78, 5) is 0. The Hall–Kier alpha value is -0.0200. The molecule has 1 rings (SSSR count). The maximum absolute atomic E-state index is 8.87. The zero-order chi connectivity index (χ0) is 7.40. The molecule has 10 heavy (non-hydrogen) atoms. The highest BCUT2D eigenvalue weighted by atomic mass is 127. The normalized spacial score (nSPS) is 10.5. The summed E-state index contributed by atoms with van der Waals surface area (Å²) in [7, 11) is 0. The van der Waals surface area contributed by atoms with Crippen molar-refractivity contribution in [3.8, 4) is 11.5 Å². The van der Waals surface area contributed by atoms with Gasteiger partial charge in [-0.3, -0.25) is 0 Å². The fourth-order valence-electron chi connectivity index (χ4n) is 0.559. The molecule has 2 nitrogen and oxygen atoms in total. The second kappa shape index (κ2) is 3.98. The second-order valence-electron chi connectivity index (χ2n) is 1.67. The Bertz CT molecular complexity index is 199. The molecule has 54 valence electrons. The Morgan fingerprint density at radius 3 is 2.40 bits per heavy atom. The van der Waals surface area contributed by atoms with Crippen LogP contribution in [0, 0.1) is 0 Å². The summed E-state index contributed by atoms with van der Waals surface area (Å²) in [5, 5.41) is 8.87. The van der Waals surface area contributed by atoms with Crippen molar-refractivity contribution < 1.29 is 9.63 Å². The van der Waals surface area contributed by atoms with Gasteiger partial charge in [0.05, 0.1) is 0 Å². The molecule has 0 aliphatic heterocycles. The van der Waals surface area contributed by atoms with Gasteiger partial charge in [0.1, 0.15) is 17.9 Å². The average molecular weight is 268 g/mol. The van der Waals surface area contributed by atoms with Crippen molar-refractivity contribution in [3.63, 3.8) is 0 Å². The molecule has 4 heteroatoms. The van der Waals surface area contributed by atoms with Crippen molar-refractivity contribution in [1.29, 1.82) is 0 Å². The van der Waals surface area contributed by atoms with Gasteiger partial charge in [0.25, 0.3) is 0 Å². The van der Waals surface area contributed by atoms with Gasteiger partial charge in [0.2, 0.25) is 0 Å². The van der Waals surface area contributed by atoms with E-state index in [1.807, 2.05) is 0 Å². The predicted molar refractivity (Wildman–Crippen MR) is 51.1 cm³/mol. The van der Waals surface area contributed by atoms with Gasteiger partial charge in [-0.1, -0.05) is 0 Å². The molecule has 0 bridgehead atoms. The van der Waals surface area contributed by atoms with Crippen molar-refractivity contribution in [2.75, 3.05) is 0 Å². The zero-order valence-electron chi connectivity index (χ0n) is 5.04. The van der Waals surface area contributed by atoms with E-state index in [9.17, 15) is 0 Å². The van der Waals surface area contributed by atoms with Crippen LogP contribution in [0.3, 0.4) is 0 Å². The van der Waals surface area contributed by atoms with E-state index in [0.717, 1.165) is 5.75 Å². The van der Waals surface area contributed by atoms with Gasteiger partial charge < -0.3 is 9.63 Å². The lowest BCUT2D eigenvalue weighted by Gasteiger charge is -1.99.